The Kier molecular flexibility index (Phi) is 7.25. The fourth-order valence-corrected chi connectivity index (χ4v) is 4.98. The van der Waals surface area contributed by atoms with Crippen molar-refractivity contribution in [2.24, 2.45) is 5.92 Å². The largest absolute Gasteiger partial charge is 0.376 e. The van der Waals surface area contributed by atoms with Gasteiger partial charge in [0.05, 0.1) is 13.1 Å². The Hall–Kier alpha value is -1.96. The Morgan fingerprint density at radius 3 is 2.84 bits per heavy atom. The zero-order valence-electron chi connectivity index (χ0n) is 19.1. The summed E-state index contributed by atoms with van der Waals surface area (Å²) in [5.41, 5.74) is 4.93. The Bertz CT molecular complexity index is 892. The lowest BCUT2D eigenvalue weighted by atomic mass is 9.97. The Balaban J connectivity index is 1.37. The highest BCUT2D eigenvalue weighted by Gasteiger charge is 2.27. The fraction of sp³-hybridized carbons (Fsp3) is 0.583. The zero-order valence-corrected chi connectivity index (χ0v) is 19.9. The summed E-state index contributed by atoms with van der Waals surface area (Å²) in [6.45, 7) is 7.84. The van der Waals surface area contributed by atoms with Crippen LogP contribution in [0.2, 0.25) is 0 Å². The highest BCUT2D eigenvalue weighted by molar-refractivity contribution is 7.09. The van der Waals surface area contributed by atoms with Crippen LogP contribution in [0.5, 0.6) is 0 Å². The molecule has 1 aliphatic carbocycles. The highest BCUT2D eigenvalue weighted by atomic mass is 32.1. The maximum absolute atomic E-state index is 13.1. The number of thiazole rings is 1. The number of fused-ring (bicyclic) bond motifs is 1. The Labute approximate surface area is 190 Å². The van der Waals surface area contributed by atoms with Crippen molar-refractivity contribution in [3.05, 3.63) is 45.4 Å². The molecule has 2 aliphatic rings. The van der Waals surface area contributed by atoms with E-state index in [0.29, 0.717) is 19.6 Å². The van der Waals surface area contributed by atoms with Gasteiger partial charge < -0.3 is 15.1 Å². The normalized spacial score (nSPS) is 16.4. The lowest BCUT2D eigenvalue weighted by molar-refractivity contribution is -0.130. The van der Waals surface area contributed by atoms with Crippen LogP contribution in [0.15, 0.2) is 23.6 Å². The number of anilines is 1. The van der Waals surface area contributed by atoms with Crippen LogP contribution in [0.1, 0.15) is 34.7 Å². The van der Waals surface area contributed by atoms with Crippen LogP contribution < -0.4 is 5.32 Å². The minimum atomic E-state index is 0.124. The molecule has 31 heavy (non-hydrogen) atoms. The molecule has 4 rings (SSSR count). The molecule has 2 heterocycles. The lowest BCUT2D eigenvalue weighted by Gasteiger charge is -2.30. The summed E-state index contributed by atoms with van der Waals surface area (Å²) in [6, 6.07) is 6.49. The number of aryl methyl sites for hydroxylation is 1. The molecule has 0 atom stereocenters. The highest BCUT2D eigenvalue weighted by Crippen LogP contribution is 2.32. The van der Waals surface area contributed by atoms with Gasteiger partial charge >= 0.3 is 0 Å². The number of carbonyl (C=O) groups excluding carboxylic acids is 1. The summed E-state index contributed by atoms with van der Waals surface area (Å²) >= 11 is 1.63. The predicted molar refractivity (Wildman–Crippen MR) is 127 cm³/mol. The van der Waals surface area contributed by atoms with Crippen molar-refractivity contribution >= 4 is 22.9 Å². The first kappa shape index (κ1) is 22.2. The maximum atomic E-state index is 13.1. The van der Waals surface area contributed by atoms with Gasteiger partial charge in [0.15, 0.2) is 0 Å². The number of nitrogens with zero attached hydrogens (tertiary/aromatic N) is 4. The molecule has 1 fully saturated rings. The second kappa shape index (κ2) is 10.1. The molecule has 6 nitrogen and oxygen atoms in total. The van der Waals surface area contributed by atoms with Crippen molar-refractivity contribution in [2.45, 2.75) is 39.3 Å². The fourth-order valence-electron chi connectivity index (χ4n) is 4.19. The van der Waals surface area contributed by atoms with Crippen LogP contribution in [-0.4, -0.2) is 72.4 Å². The number of rotatable bonds is 10. The van der Waals surface area contributed by atoms with Crippen LogP contribution in [-0.2, 0) is 24.3 Å². The van der Waals surface area contributed by atoms with Crippen molar-refractivity contribution in [1.29, 1.82) is 0 Å². The van der Waals surface area contributed by atoms with Gasteiger partial charge in [-0.25, -0.2) is 4.98 Å². The SMILES string of the molecule is Cc1csc(CN(CCN(C)C)C(=O)CNc2cccc3c2CCN(CC2CC2)C3)n1. The van der Waals surface area contributed by atoms with E-state index in [2.05, 4.69) is 38.3 Å². The number of hydrogen-bond acceptors (Lipinski definition) is 6. The Morgan fingerprint density at radius 1 is 1.29 bits per heavy atom. The van der Waals surface area contributed by atoms with Gasteiger partial charge in [0.25, 0.3) is 0 Å². The summed E-state index contributed by atoms with van der Waals surface area (Å²) < 4.78 is 0. The number of nitrogens with one attached hydrogen (secondary N) is 1. The van der Waals surface area contributed by atoms with Gasteiger partial charge in [-0.1, -0.05) is 12.1 Å². The van der Waals surface area contributed by atoms with Crippen LogP contribution in [0.4, 0.5) is 5.69 Å². The average Bonchev–Trinajstić information content (AvgIpc) is 3.47. The van der Waals surface area contributed by atoms with E-state index >= 15 is 0 Å². The monoisotopic (exact) mass is 441 g/mol. The van der Waals surface area contributed by atoms with Gasteiger partial charge in [-0.15, -0.1) is 11.3 Å². The minimum Gasteiger partial charge on any atom is -0.376 e. The molecule has 1 aliphatic heterocycles. The quantitative estimate of drug-likeness (QED) is 0.614. The van der Waals surface area contributed by atoms with E-state index in [0.717, 1.165) is 48.4 Å². The van der Waals surface area contributed by atoms with Gasteiger partial charge in [-0.3, -0.25) is 9.69 Å². The molecule has 1 aromatic heterocycles. The molecule has 1 N–H and O–H groups in total. The van der Waals surface area contributed by atoms with Gasteiger partial charge in [0, 0.05) is 49.5 Å². The topological polar surface area (TPSA) is 51.7 Å². The van der Waals surface area contributed by atoms with Crippen LogP contribution in [0.25, 0.3) is 0 Å². The first-order valence-corrected chi connectivity index (χ1v) is 12.3. The van der Waals surface area contributed by atoms with E-state index in [1.165, 1.54) is 30.5 Å². The molecule has 0 spiro atoms. The predicted octanol–water partition coefficient (Wildman–Crippen LogP) is 3.22. The van der Waals surface area contributed by atoms with E-state index in [1.54, 1.807) is 11.3 Å². The zero-order chi connectivity index (χ0) is 21.8. The summed E-state index contributed by atoms with van der Waals surface area (Å²) in [5.74, 6) is 1.05. The first-order valence-electron chi connectivity index (χ1n) is 11.4. The van der Waals surface area contributed by atoms with Crippen molar-refractivity contribution in [2.75, 3.05) is 52.1 Å². The number of aromatic nitrogens is 1. The third kappa shape index (κ3) is 6.28. The van der Waals surface area contributed by atoms with E-state index in [-0.39, 0.29) is 5.91 Å². The molecule has 1 saturated carbocycles. The standard InChI is InChI=1S/C24H35N5OS/c1-18-17-31-23(26-18)16-29(12-11-27(2)3)24(30)13-25-22-6-4-5-20-15-28(10-9-21(20)22)14-19-7-8-19/h4-6,17,19,25H,7-16H2,1-3H3. The summed E-state index contributed by atoms with van der Waals surface area (Å²) in [7, 11) is 4.08. The first-order chi connectivity index (χ1) is 15.0. The second-order valence-corrected chi connectivity index (χ2v) is 10.2. The number of carbonyl (C=O) groups is 1. The van der Waals surface area contributed by atoms with Gasteiger partial charge in [-0.05, 0) is 63.4 Å². The van der Waals surface area contributed by atoms with E-state index in [9.17, 15) is 4.79 Å². The molecule has 1 aromatic carbocycles. The molecule has 168 valence electrons. The van der Waals surface area contributed by atoms with Crippen molar-refractivity contribution < 1.29 is 4.79 Å². The molecule has 0 unspecified atom stereocenters. The molecule has 0 saturated heterocycles. The number of amides is 1. The van der Waals surface area contributed by atoms with E-state index in [4.69, 9.17) is 0 Å². The Morgan fingerprint density at radius 2 is 2.13 bits per heavy atom. The third-order valence-electron chi connectivity index (χ3n) is 6.15. The average molecular weight is 442 g/mol. The third-order valence-corrected chi connectivity index (χ3v) is 7.10. The lowest BCUT2D eigenvalue weighted by Crippen LogP contribution is -2.39. The smallest absolute Gasteiger partial charge is 0.242 e. The van der Waals surface area contributed by atoms with Crippen LogP contribution in [0.3, 0.4) is 0 Å². The molecular weight excluding hydrogens is 406 g/mol. The number of hydrogen-bond donors (Lipinski definition) is 1. The van der Waals surface area contributed by atoms with Crippen LogP contribution in [0, 0.1) is 12.8 Å². The minimum absolute atomic E-state index is 0.124. The van der Waals surface area contributed by atoms with E-state index < -0.39 is 0 Å². The second-order valence-electron chi connectivity index (χ2n) is 9.23. The van der Waals surface area contributed by atoms with Gasteiger partial charge in [0.1, 0.15) is 5.01 Å². The number of benzene rings is 1. The van der Waals surface area contributed by atoms with E-state index in [1.807, 2.05) is 31.3 Å². The van der Waals surface area contributed by atoms with Crippen molar-refractivity contribution in [1.82, 2.24) is 19.7 Å². The van der Waals surface area contributed by atoms with Gasteiger partial charge in [-0.2, -0.15) is 0 Å². The molecule has 0 radical (unpaired) electrons. The molecule has 0 bridgehead atoms. The number of likely N-dealkylation sites (N-methyl/N-ethyl adjacent to an activating group) is 1. The van der Waals surface area contributed by atoms with Gasteiger partial charge in [0.2, 0.25) is 5.91 Å². The summed E-state index contributed by atoms with van der Waals surface area (Å²) in [4.78, 5) is 24.3. The van der Waals surface area contributed by atoms with Crippen molar-refractivity contribution in [3.63, 3.8) is 0 Å². The molecule has 2 aromatic rings. The molecular formula is C24H35N5OS. The summed E-state index contributed by atoms with van der Waals surface area (Å²) in [5, 5.41) is 6.50. The molecule has 1 amide bonds. The van der Waals surface area contributed by atoms with Crippen LogP contribution >= 0.6 is 11.3 Å². The summed E-state index contributed by atoms with van der Waals surface area (Å²) in [6.07, 6.45) is 3.86. The van der Waals surface area contributed by atoms with Crippen molar-refractivity contribution in [3.8, 4) is 0 Å². The maximum Gasteiger partial charge on any atom is 0.242 e. The molecule has 7 heteroatoms.